The van der Waals surface area contributed by atoms with Gasteiger partial charge in [0, 0.05) is 12.6 Å². The van der Waals surface area contributed by atoms with Crippen molar-refractivity contribution in [3.8, 4) is 17.5 Å². The molecule has 142 valence electrons. The minimum Gasteiger partial charge on any atom is -0.337 e. The van der Waals surface area contributed by atoms with Crippen molar-refractivity contribution in [3.63, 3.8) is 0 Å². The van der Waals surface area contributed by atoms with Crippen LogP contribution in [0.25, 0.3) is 11.4 Å². The first kappa shape index (κ1) is 19.4. The van der Waals surface area contributed by atoms with Gasteiger partial charge in [-0.3, -0.25) is 4.79 Å². The molecule has 1 aliphatic rings. The molecule has 1 fully saturated rings. The highest BCUT2D eigenvalue weighted by atomic mass is 32.2. The molecule has 0 radical (unpaired) electrons. The van der Waals surface area contributed by atoms with Gasteiger partial charge in [-0.1, -0.05) is 31.0 Å². The first-order valence-corrected chi connectivity index (χ1v) is 9.87. The summed E-state index contributed by atoms with van der Waals surface area (Å²) in [6.07, 6.45) is 4.42. The monoisotopic (exact) mass is 387 g/mol. The lowest BCUT2D eigenvalue weighted by Gasteiger charge is -2.32. The fourth-order valence-corrected chi connectivity index (χ4v) is 4.05. The Balaban J connectivity index is 1.69. The highest BCUT2D eigenvalue weighted by molar-refractivity contribution is 8.00. The van der Waals surface area contributed by atoms with E-state index in [2.05, 4.69) is 21.6 Å². The van der Waals surface area contributed by atoms with Crippen molar-refractivity contribution in [3.05, 3.63) is 30.1 Å². The first-order chi connectivity index (χ1) is 12.9. The van der Waals surface area contributed by atoms with Crippen LogP contribution in [-0.2, 0) is 11.8 Å². The molecule has 0 spiro atoms. The Bertz CT molecular complexity index is 852. The van der Waals surface area contributed by atoms with Gasteiger partial charge in [0.05, 0.1) is 11.3 Å². The predicted molar refractivity (Wildman–Crippen MR) is 101 cm³/mol. The van der Waals surface area contributed by atoms with Crippen LogP contribution >= 0.6 is 11.8 Å². The molecule has 3 rings (SSSR count). The lowest BCUT2D eigenvalue weighted by molar-refractivity contribution is -0.121. The van der Waals surface area contributed by atoms with Gasteiger partial charge in [0.25, 0.3) is 0 Å². The Kier molecular flexibility index (Phi) is 5.80. The van der Waals surface area contributed by atoms with Crippen LogP contribution in [0.1, 0.15) is 39.0 Å². The molecule has 2 aromatic rings. The lowest BCUT2D eigenvalue weighted by Crippen LogP contribution is -2.50. The second-order valence-electron chi connectivity index (χ2n) is 6.88. The average Bonchev–Trinajstić information content (AvgIpc) is 3.03. The van der Waals surface area contributed by atoms with Crippen LogP contribution in [0.4, 0.5) is 4.39 Å². The molecule has 1 atom stereocenters. The van der Waals surface area contributed by atoms with Crippen LogP contribution in [0.15, 0.2) is 29.4 Å². The van der Waals surface area contributed by atoms with Gasteiger partial charge in [-0.05, 0) is 44.0 Å². The summed E-state index contributed by atoms with van der Waals surface area (Å²) in [5.41, 5.74) is 0.00421. The van der Waals surface area contributed by atoms with Gasteiger partial charge < -0.3 is 9.88 Å². The number of thioether (sulfide) groups is 1. The van der Waals surface area contributed by atoms with Crippen molar-refractivity contribution in [2.24, 2.45) is 7.05 Å². The maximum absolute atomic E-state index is 13.1. The summed E-state index contributed by atoms with van der Waals surface area (Å²) in [7, 11) is 1.81. The summed E-state index contributed by atoms with van der Waals surface area (Å²) in [5.74, 6) is 0.121. The van der Waals surface area contributed by atoms with E-state index in [9.17, 15) is 14.4 Å². The number of aromatic nitrogens is 3. The van der Waals surface area contributed by atoms with Crippen LogP contribution in [-0.4, -0.2) is 31.5 Å². The summed E-state index contributed by atoms with van der Waals surface area (Å²) in [6.45, 7) is 1.79. The smallest absolute Gasteiger partial charge is 0.234 e. The highest BCUT2D eigenvalue weighted by Crippen LogP contribution is 2.30. The van der Waals surface area contributed by atoms with E-state index >= 15 is 0 Å². The number of halogens is 1. The van der Waals surface area contributed by atoms with Crippen molar-refractivity contribution < 1.29 is 9.18 Å². The van der Waals surface area contributed by atoms with E-state index in [1.54, 1.807) is 23.6 Å². The molecule has 1 N–H and O–H groups in total. The quantitative estimate of drug-likeness (QED) is 0.795. The zero-order valence-corrected chi connectivity index (χ0v) is 16.2. The van der Waals surface area contributed by atoms with E-state index in [0.717, 1.165) is 24.8 Å². The number of carbonyl (C=O) groups is 1. The molecular formula is C19H22FN5OS. The van der Waals surface area contributed by atoms with Crippen molar-refractivity contribution >= 4 is 17.7 Å². The third-order valence-corrected chi connectivity index (χ3v) is 6.01. The van der Waals surface area contributed by atoms with Gasteiger partial charge in [0.1, 0.15) is 11.4 Å². The molecule has 1 aromatic carbocycles. The summed E-state index contributed by atoms with van der Waals surface area (Å²) >= 11 is 1.29. The van der Waals surface area contributed by atoms with Gasteiger partial charge in [-0.2, -0.15) is 5.26 Å². The standard InChI is InChI=1S/C19H22FN5OS/c1-13(17(26)22-19(12-21)10-4-3-5-11-19)27-18-24-23-16(25(18)2)14-6-8-15(20)9-7-14/h6-9,13H,3-5,10-11H2,1-2H3,(H,22,26)/t13-/m1/s1. The molecule has 0 saturated heterocycles. The molecule has 6 nitrogen and oxygen atoms in total. The number of hydrogen-bond acceptors (Lipinski definition) is 5. The third-order valence-electron chi connectivity index (χ3n) is 4.87. The van der Waals surface area contributed by atoms with Gasteiger partial charge in [0.15, 0.2) is 11.0 Å². The number of rotatable bonds is 5. The minimum atomic E-state index is -0.747. The van der Waals surface area contributed by atoms with Crippen LogP contribution in [0, 0.1) is 17.1 Å². The second-order valence-corrected chi connectivity index (χ2v) is 8.18. The number of nitrogens with zero attached hydrogens (tertiary/aromatic N) is 4. The van der Waals surface area contributed by atoms with Crippen molar-refractivity contribution in [1.29, 1.82) is 5.26 Å². The Morgan fingerprint density at radius 1 is 1.30 bits per heavy atom. The predicted octanol–water partition coefficient (Wildman–Crippen LogP) is 3.44. The maximum atomic E-state index is 13.1. The van der Waals surface area contributed by atoms with Crippen molar-refractivity contribution in [2.45, 2.75) is 55.0 Å². The van der Waals surface area contributed by atoms with Crippen LogP contribution < -0.4 is 5.32 Å². The Labute approximate surface area is 162 Å². The number of benzene rings is 1. The molecule has 27 heavy (non-hydrogen) atoms. The topological polar surface area (TPSA) is 83.6 Å². The van der Waals surface area contributed by atoms with Crippen LogP contribution in [0.2, 0.25) is 0 Å². The molecule has 0 unspecified atom stereocenters. The molecule has 1 saturated carbocycles. The van der Waals surface area contributed by atoms with E-state index in [1.165, 1.54) is 23.9 Å². The second kappa shape index (κ2) is 8.09. The molecule has 1 amide bonds. The van der Waals surface area contributed by atoms with Gasteiger partial charge in [-0.15, -0.1) is 10.2 Å². The molecule has 1 aliphatic carbocycles. The zero-order valence-electron chi connectivity index (χ0n) is 15.4. The fourth-order valence-electron chi connectivity index (χ4n) is 3.24. The average molecular weight is 387 g/mol. The van der Waals surface area contributed by atoms with Crippen molar-refractivity contribution in [2.75, 3.05) is 0 Å². The SMILES string of the molecule is C[C@@H](Sc1nnc(-c2ccc(F)cc2)n1C)C(=O)NC1(C#N)CCCCC1. The number of amides is 1. The number of nitrogens with one attached hydrogen (secondary N) is 1. The minimum absolute atomic E-state index is 0.171. The Morgan fingerprint density at radius 2 is 1.96 bits per heavy atom. The third kappa shape index (κ3) is 4.30. The van der Waals surface area contributed by atoms with Gasteiger partial charge >= 0.3 is 0 Å². The van der Waals surface area contributed by atoms with E-state index in [1.807, 2.05) is 7.05 Å². The maximum Gasteiger partial charge on any atom is 0.234 e. The van der Waals surface area contributed by atoms with E-state index < -0.39 is 10.8 Å². The number of carbonyl (C=O) groups excluding carboxylic acids is 1. The van der Waals surface area contributed by atoms with E-state index in [0.29, 0.717) is 23.8 Å². The summed E-state index contributed by atoms with van der Waals surface area (Å²) < 4.78 is 14.9. The van der Waals surface area contributed by atoms with Gasteiger partial charge in [-0.25, -0.2) is 4.39 Å². The normalized spacial score (nSPS) is 17.1. The lowest BCUT2D eigenvalue weighted by atomic mass is 9.83. The Hall–Kier alpha value is -2.40. The highest BCUT2D eigenvalue weighted by Gasteiger charge is 2.35. The molecule has 8 heteroatoms. The van der Waals surface area contributed by atoms with Crippen molar-refractivity contribution in [1.82, 2.24) is 20.1 Å². The van der Waals surface area contributed by atoms with E-state index in [-0.39, 0.29) is 11.7 Å². The van der Waals surface area contributed by atoms with E-state index in [4.69, 9.17) is 0 Å². The van der Waals surface area contributed by atoms with Crippen LogP contribution in [0.5, 0.6) is 0 Å². The number of hydrogen-bond donors (Lipinski definition) is 1. The summed E-state index contributed by atoms with van der Waals surface area (Å²) in [6, 6.07) is 8.34. The zero-order chi connectivity index (χ0) is 19.4. The van der Waals surface area contributed by atoms with Gasteiger partial charge in [0.2, 0.25) is 5.91 Å². The largest absolute Gasteiger partial charge is 0.337 e. The molecular weight excluding hydrogens is 365 g/mol. The molecule has 1 aromatic heterocycles. The fraction of sp³-hybridized carbons (Fsp3) is 0.474. The molecule has 0 bridgehead atoms. The van der Waals surface area contributed by atoms with Crippen LogP contribution in [0.3, 0.4) is 0 Å². The summed E-state index contributed by atoms with van der Waals surface area (Å²) in [4.78, 5) is 12.6. The number of nitriles is 1. The first-order valence-electron chi connectivity index (χ1n) is 8.99. The summed E-state index contributed by atoms with van der Waals surface area (Å²) in [5, 5.41) is 21.0. The molecule has 1 heterocycles. The molecule has 0 aliphatic heterocycles. The Morgan fingerprint density at radius 3 is 2.59 bits per heavy atom.